The number of nitrogens with one attached hydrogen (secondary N) is 1. The first-order valence-corrected chi connectivity index (χ1v) is 9.28. The summed E-state index contributed by atoms with van der Waals surface area (Å²) < 4.78 is 0. The van der Waals surface area contributed by atoms with Crippen LogP contribution in [0.15, 0.2) is 35.8 Å². The summed E-state index contributed by atoms with van der Waals surface area (Å²) in [5.41, 5.74) is 2.58. The van der Waals surface area contributed by atoms with Gasteiger partial charge in [-0.15, -0.1) is 11.3 Å². The lowest BCUT2D eigenvalue weighted by Gasteiger charge is -2.34. The van der Waals surface area contributed by atoms with Crippen molar-refractivity contribution in [1.82, 2.24) is 15.2 Å². The van der Waals surface area contributed by atoms with E-state index < -0.39 is 0 Å². The zero-order valence-electron chi connectivity index (χ0n) is 14.1. The van der Waals surface area contributed by atoms with Gasteiger partial charge < -0.3 is 10.2 Å². The number of carbonyl (C=O) groups is 1. The first kappa shape index (κ1) is 16.9. The molecule has 1 saturated heterocycles. The van der Waals surface area contributed by atoms with Crippen molar-refractivity contribution in [3.63, 3.8) is 0 Å². The van der Waals surface area contributed by atoms with Crippen molar-refractivity contribution >= 4 is 22.4 Å². The molecule has 1 aliphatic rings. The van der Waals surface area contributed by atoms with Crippen molar-refractivity contribution in [2.45, 2.75) is 13.3 Å². The molecule has 1 aromatic carbocycles. The molecule has 0 bridgehead atoms. The summed E-state index contributed by atoms with van der Waals surface area (Å²) in [6, 6.07) is 8.33. The van der Waals surface area contributed by atoms with E-state index in [9.17, 15) is 4.79 Å². The lowest BCUT2D eigenvalue weighted by molar-refractivity contribution is -0.122. The van der Waals surface area contributed by atoms with Gasteiger partial charge in [0.15, 0.2) is 5.13 Å². The van der Waals surface area contributed by atoms with E-state index in [1.54, 1.807) is 11.3 Å². The standard InChI is InChI=1S/C18H24N4OS/c1-15-4-2-3-5-16(15)6-7-19-17(23)14-21-9-11-22(12-10-21)18-20-8-13-24-18/h2-5,8,13H,6-7,9-12,14H2,1H3,(H,19,23). The van der Waals surface area contributed by atoms with Crippen molar-refractivity contribution in [2.24, 2.45) is 0 Å². The molecular weight excluding hydrogens is 320 g/mol. The Labute approximate surface area is 147 Å². The molecule has 128 valence electrons. The Morgan fingerprint density at radius 3 is 2.75 bits per heavy atom. The summed E-state index contributed by atoms with van der Waals surface area (Å²) in [5, 5.41) is 6.12. The van der Waals surface area contributed by atoms with Gasteiger partial charge in [0.05, 0.1) is 6.54 Å². The van der Waals surface area contributed by atoms with Crippen LogP contribution >= 0.6 is 11.3 Å². The van der Waals surface area contributed by atoms with Crippen LogP contribution in [-0.4, -0.2) is 55.1 Å². The third kappa shape index (κ3) is 4.55. The number of anilines is 1. The van der Waals surface area contributed by atoms with Crippen LogP contribution in [0.3, 0.4) is 0 Å². The molecule has 0 atom stereocenters. The second-order valence-corrected chi connectivity index (χ2v) is 6.98. The van der Waals surface area contributed by atoms with Crippen molar-refractivity contribution < 1.29 is 4.79 Å². The summed E-state index contributed by atoms with van der Waals surface area (Å²) in [4.78, 5) is 21.0. The van der Waals surface area contributed by atoms with E-state index in [0.717, 1.165) is 37.7 Å². The zero-order chi connectivity index (χ0) is 16.8. The Bertz CT molecular complexity index is 651. The van der Waals surface area contributed by atoms with Gasteiger partial charge in [-0.3, -0.25) is 9.69 Å². The number of aromatic nitrogens is 1. The Hall–Kier alpha value is -1.92. The average Bonchev–Trinajstić information content (AvgIpc) is 3.12. The molecule has 1 aliphatic heterocycles. The average molecular weight is 344 g/mol. The van der Waals surface area contributed by atoms with E-state index in [1.165, 1.54) is 11.1 Å². The molecule has 0 spiro atoms. The number of piperazine rings is 1. The molecule has 2 heterocycles. The lowest BCUT2D eigenvalue weighted by atomic mass is 10.1. The molecule has 6 heteroatoms. The van der Waals surface area contributed by atoms with Gasteiger partial charge in [-0.25, -0.2) is 4.98 Å². The van der Waals surface area contributed by atoms with Crippen LogP contribution in [0.4, 0.5) is 5.13 Å². The van der Waals surface area contributed by atoms with Gasteiger partial charge in [0.2, 0.25) is 5.91 Å². The van der Waals surface area contributed by atoms with E-state index in [-0.39, 0.29) is 5.91 Å². The largest absolute Gasteiger partial charge is 0.355 e. The lowest BCUT2D eigenvalue weighted by Crippen LogP contribution is -2.49. The number of thiazole rings is 1. The molecule has 1 N–H and O–H groups in total. The highest BCUT2D eigenvalue weighted by molar-refractivity contribution is 7.13. The molecule has 3 rings (SSSR count). The van der Waals surface area contributed by atoms with Crippen LogP contribution in [0.5, 0.6) is 0 Å². The smallest absolute Gasteiger partial charge is 0.234 e. The van der Waals surface area contributed by atoms with Gasteiger partial charge in [-0.05, 0) is 24.5 Å². The number of nitrogens with zero attached hydrogens (tertiary/aromatic N) is 3. The SMILES string of the molecule is Cc1ccccc1CCNC(=O)CN1CCN(c2nccs2)CC1. The molecule has 2 aromatic rings. The maximum atomic E-state index is 12.1. The monoisotopic (exact) mass is 344 g/mol. The van der Waals surface area contributed by atoms with Crippen LogP contribution in [0, 0.1) is 6.92 Å². The quantitative estimate of drug-likeness (QED) is 0.870. The summed E-state index contributed by atoms with van der Waals surface area (Å²) in [7, 11) is 0. The Morgan fingerprint density at radius 2 is 2.04 bits per heavy atom. The van der Waals surface area contributed by atoms with Crippen LogP contribution in [0.25, 0.3) is 0 Å². The van der Waals surface area contributed by atoms with E-state index in [1.807, 2.05) is 23.7 Å². The minimum absolute atomic E-state index is 0.117. The summed E-state index contributed by atoms with van der Waals surface area (Å²) in [6.07, 6.45) is 2.73. The van der Waals surface area contributed by atoms with Gasteiger partial charge >= 0.3 is 0 Å². The number of carbonyl (C=O) groups excluding carboxylic acids is 1. The minimum Gasteiger partial charge on any atom is -0.355 e. The first-order chi connectivity index (χ1) is 11.7. The van der Waals surface area contributed by atoms with Crippen LogP contribution in [0.1, 0.15) is 11.1 Å². The normalized spacial score (nSPS) is 15.5. The van der Waals surface area contributed by atoms with Crippen LogP contribution in [0.2, 0.25) is 0 Å². The predicted molar refractivity (Wildman–Crippen MR) is 98.7 cm³/mol. The Kier molecular flexibility index (Phi) is 5.82. The topological polar surface area (TPSA) is 48.5 Å². The summed E-state index contributed by atoms with van der Waals surface area (Å²) in [6.45, 7) is 6.98. The fourth-order valence-corrected chi connectivity index (χ4v) is 3.65. The van der Waals surface area contributed by atoms with Crippen LogP contribution < -0.4 is 10.2 Å². The van der Waals surface area contributed by atoms with Gasteiger partial charge in [0.1, 0.15) is 0 Å². The van der Waals surface area contributed by atoms with Crippen molar-refractivity contribution in [3.8, 4) is 0 Å². The van der Waals surface area contributed by atoms with Gasteiger partial charge in [0.25, 0.3) is 0 Å². The highest BCUT2D eigenvalue weighted by atomic mass is 32.1. The highest BCUT2D eigenvalue weighted by Crippen LogP contribution is 2.18. The molecular formula is C18H24N4OS. The minimum atomic E-state index is 0.117. The van der Waals surface area contributed by atoms with Crippen molar-refractivity contribution in [1.29, 1.82) is 0 Å². The van der Waals surface area contributed by atoms with Crippen molar-refractivity contribution in [3.05, 3.63) is 47.0 Å². The Balaban J connectivity index is 1.36. The van der Waals surface area contributed by atoms with Gasteiger partial charge in [-0.2, -0.15) is 0 Å². The third-order valence-electron chi connectivity index (χ3n) is 4.41. The molecule has 1 aromatic heterocycles. The number of benzene rings is 1. The predicted octanol–water partition coefficient (Wildman–Crippen LogP) is 1.93. The second kappa shape index (κ2) is 8.26. The van der Waals surface area contributed by atoms with E-state index in [4.69, 9.17) is 0 Å². The molecule has 1 fully saturated rings. The van der Waals surface area contributed by atoms with E-state index in [0.29, 0.717) is 13.1 Å². The molecule has 0 unspecified atom stereocenters. The molecule has 0 saturated carbocycles. The number of aryl methyl sites for hydroxylation is 1. The fraction of sp³-hybridized carbons (Fsp3) is 0.444. The summed E-state index contributed by atoms with van der Waals surface area (Å²) >= 11 is 1.67. The number of amides is 1. The number of hydrogen-bond acceptors (Lipinski definition) is 5. The molecule has 24 heavy (non-hydrogen) atoms. The Morgan fingerprint density at radius 1 is 1.25 bits per heavy atom. The highest BCUT2D eigenvalue weighted by Gasteiger charge is 2.20. The molecule has 0 aliphatic carbocycles. The third-order valence-corrected chi connectivity index (χ3v) is 5.24. The van der Waals surface area contributed by atoms with E-state index >= 15 is 0 Å². The number of hydrogen-bond donors (Lipinski definition) is 1. The fourth-order valence-electron chi connectivity index (χ4n) is 2.96. The van der Waals surface area contributed by atoms with E-state index in [2.05, 4.69) is 39.2 Å². The van der Waals surface area contributed by atoms with Crippen LogP contribution in [-0.2, 0) is 11.2 Å². The second-order valence-electron chi connectivity index (χ2n) is 6.10. The van der Waals surface area contributed by atoms with Gasteiger partial charge in [0, 0.05) is 44.3 Å². The first-order valence-electron chi connectivity index (χ1n) is 8.40. The molecule has 0 radical (unpaired) electrons. The maximum absolute atomic E-state index is 12.1. The van der Waals surface area contributed by atoms with Crippen molar-refractivity contribution in [2.75, 3.05) is 44.2 Å². The maximum Gasteiger partial charge on any atom is 0.234 e. The summed E-state index contributed by atoms with van der Waals surface area (Å²) in [5.74, 6) is 0.117. The van der Waals surface area contributed by atoms with Gasteiger partial charge in [-0.1, -0.05) is 24.3 Å². The number of rotatable bonds is 6. The zero-order valence-corrected chi connectivity index (χ0v) is 14.9. The molecule has 1 amide bonds. The molecule has 5 nitrogen and oxygen atoms in total.